The zero-order valence-corrected chi connectivity index (χ0v) is 7.69. The molecular weight excluding hydrogens is 206 g/mol. The highest BCUT2D eigenvalue weighted by atomic mass is 35.5. The molecule has 0 atom stereocenters. The molecule has 0 unspecified atom stereocenters. The maximum absolute atomic E-state index is 10.7. The number of halogens is 1. The van der Waals surface area contributed by atoms with Gasteiger partial charge in [-0.2, -0.15) is 0 Å². The highest BCUT2D eigenvalue weighted by Gasteiger charge is 2.16. The summed E-state index contributed by atoms with van der Waals surface area (Å²) in [5, 5.41) is 9.13. The van der Waals surface area contributed by atoms with Gasteiger partial charge >= 0.3 is 5.97 Å². The Hall–Kier alpha value is -1.75. The molecule has 6 heteroatoms. The second-order valence-corrected chi connectivity index (χ2v) is 3.11. The summed E-state index contributed by atoms with van der Waals surface area (Å²) in [7, 11) is 0. The summed E-state index contributed by atoms with van der Waals surface area (Å²) in [6, 6.07) is 3.29. The van der Waals surface area contributed by atoms with Crippen LogP contribution in [0, 0.1) is 0 Å². The van der Waals surface area contributed by atoms with Crippen molar-refractivity contribution in [2.45, 2.75) is 0 Å². The van der Waals surface area contributed by atoms with Gasteiger partial charge < -0.3 is 10.8 Å². The molecule has 14 heavy (non-hydrogen) atoms. The first-order valence-corrected chi connectivity index (χ1v) is 4.14. The van der Waals surface area contributed by atoms with E-state index in [0.29, 0.717) is 10.7 Å². The zero-order valence-electron chi connectivity index (χ0n) is 6.94. The van der Waals surface area contributed by atoms with Crippen LogP contribution in [0.15, 0.2) is 18.3 Å². The number of carbonyl (C=O) groups is 1. The molecule has 0 bridgehead atoms. The van der Waals surface area contributed by atoms with E-state index >= 15 is 0 Å². The number of rotatable bonds is 1. The van der Waals surface area contributed by atoms with Crippen LogP contribution < -0.4 is 5.73 Å². The Morgan fingerprint density at radius 1 is 1.64 bits per heavy atom. The molecule has 0 aliphatic heterocycles. The highest BCUT2D eigenvalue weighted by Crippen LogP contribution is 2.21. The van der Waals surface area contributed by atoms with Gasteiger partial charge in [0, 0.05) is 6.20 Å². The molecule has 0 amide bonds. The van der Waals surface area contributed by atoms with Crippen molar-refractivity contribution < 1.29 is 9.90 Å². The third kappa shape index (κ3) is 1.10. The van der Waals surface area contributed by atoms with Crippen LogP contribution in [0.25, 0.3) is 5.65 Å². The number of nitrogen functional groups attached to an aromatic ring is 1. The first-order chi connectivity index (χ1) is 6.61. The first kappa shape index (κ1) is 8.83. The maximum atomic E-state index is 10.7. The molecule has 0 aromatic carbocycles. The van der Waals surface area contributed by atoms with E-state index in [4.69, 9.17) is 22.4 Å². The molecule has 0 aliphatic rings. The number of fused-ring (bicyclic) bond motifs is 1. The quantitative estimate of drug-likeness (QED) is 0.744. The van der Waals surface area contributed by atoms with E-state index in [0.717, 1.165) is 0 Å². The number of carboxylic acid groups (broad SMARTS) is 1. The van der Waals surface area contributed by atoms with E-state index in [1.807, 2.05) is 0 Å². The fourth-order valence-corrected chi connectivity index (χ4v) is 1.42. The lowest BCUT2D eigenvalue weighted by atomic mass is 10.4. The second-order valence-electron chi connectivity index (χ2n) is 2.70. The van der Waals surface area contributed by atoms with Crippen LogP contribution in [0.4, 0.5) is 5.82 Å². The van der Waals surface area contributed by atoms with E-state index in [9.17, 15) is 4.79 Å². The minimum Gasteiger partial charge on any atom is -0.476 e. The Morgan fingerprint density at radius 3 is 2.93 bits per heavy atom. The standard InChI is InChI=1S/C8H6ClN3O2/c9-4-2-1-3-12-6(10)5(8(13)14)11-7(4)12/h1-3H,10H2,(H,13,14). The predicted molar refractivity (Wildman–Crippen MR) is 51.6 cm³/mol. The normalized spacial score (nSPS) is 10.6. The Morgan fingerprint density at radius 2 is 2.36 bits per heavy atom. The minimum absolute atomic E-state index is 0.0787. The van der Waals surface area contributed by atoms with Crippen molar-refractivity contribution in [3.05, 3.63) is 29.0 Å². The molecule has 0 radical (unpaired) electrons. The SMILES string of the molecule is Nc1c(C(=O)O)nc2c(Cl)cccn12. The van der Waals surface area contributed by atoms with Gasteiger partial charge in [-0.1, -0.05) is 11.6 Å². The Labute approximate surface area is 83.7 Å². The summed E-state index contributed by atoms with van der Waals surface area (Å²) in [4.78, 5) is 14.5. The van der Waals surface area contributed by atoms with Crippen LogP contribution in [0.3, 0.4) is 0 Å². The maximum Gasteiger partial charge on any atom is 0.358 e. The number of nitrogens with two attached hydrogens (primary N) is 1. The number of nitrogens with zero attached hydrogens (tertiary/aromatic N) is 2. The number of hydrogen-bond donors (Lipinski definition) is 2. The third-order valence-electron chi connectivity index (χ3n) is 1.84. The fraction of sp³-hybridized carbons (Fsp3) is 0. The summed E-state index contributed by atoms with van der Waals surface area (Å²) in [5.41, 5.74) is 5.74. The molecule has 3 N–H and O–H groups in total. The van der Waals surface area contributed by atoms with Gasteiger partial charge in [-0.15, -0.1) is 0 Å². The minimum atomic E-state index is -1.16. The predicted octanol–water partition coefficient (Wildman–Crippen LogP) is 1.27. The monoisotopic (exact) mass is 211 g/mol. The number of pyridine rings is 1. The van der Waals surface area contributed by atoms with E-state index < -0.39 is 5.97 Å². The molecule has 0 fully saturated rings. The Bertz CT molecular complexity index is 521. The molecule has 2 rings (SSSR count). The number of anilines is 1. The molecule has 2 aromatic heterocycles. The average Bonchev–Trinajstić information content (AvgIpc) is 2.46. The number of aromatic carboxylic acids is 1. The first-order valence-electron chi connectivity index (χ1n) is 3.76. The van der Waals surface area contributed by atoms with E-state index in [1.54, 1.807) is 18.3 Å². The van der Waals surface area contributed by atoms with Crippen molar-refractivity contribution in [2.24, 2.45) is 0 Å². The average molecular weight is 212 g/mol. The van der Waals surface area contributed by atoms with Gasteiger partial charge in [0.2, 0.25) is 0 Å². The second kappa shape index (κ2) is 2.88. The summed E-state index contributed by atoms with van der Waals surface area (Å²) in [6.45, 7) is 0. The van der Waals surface area contributed by atoms with Gasteiger partial charge in [0.1, 0.15) is 5.82 Å². The number of aromatic nitrogens is 2. The third-order valence-corrected chi connectivity index (χ3v) is 2.14. The largest absolute Gasteiger partial charge is 0.476 e. The number of hydrogen-bond acceptors (Lipinski definition) is 3. The number of carboxylic acids is 1. The van der Waals surface area contributed by atoms with Gasteiger partial charge in [-0.3, -0.25) is 4.40 Å². The lowest BCUT2D eigenvalue weighted by Gasteiger charge is -1.95. The van der Waals surface area contributed by atoms with Crippen LogP contribution in [-0.2, 0) is 0 Å². The summed E-state index contributed by atoms with van der Waals surface area (Å²) < 4.78 is 1.44. The molecule has 0 saturated carbocycles. The van der Waals surface area contributed by atoms with Crippen molar-refractivity contribution >= 4 is 29.0 Å². The van der Waals surface area contributed by atoms with Gasteiger partial charge in [0.05, 0.1) is 5.02 Å². The van der Waals surface area contributed by atoms with Crippen molar-refractivity contribution in [3.8, 4) is 0 Å². The molecule has 5 nitrogen and oxygen atoms in total. The molecular formula is C8H6ClN3O2. The van der Waals surface area contributed by atoms with Gasteiger partial charge in [-0.25, -0.2) is 9.78 Å². The van der Waals surface area contributed by atoms with Gasteiger partial charge in [0.25, 0.3) is 0 Å². The van der Waals surface area contributed by atoms with Gasteiger partial charge in [-0.05, 0) is 12.1 Å². The molecule has 0 spiro atoms. The van der Waals surface area contributed by atoms with Crippen LogP contribution in [0.5, 0.6) is 0 Å². The van der Waals surface area contributed by atoms with Crippen LogP contribution >= 0.6 is 11.6 Å². The van der Waals surface area contributed by atoms with Crippen molar-refractivity contribution in [1.29, 1.82) is 0 Å². The highest BCUT2D eigenvalue weighted by molar-refractivity contribution is 6.33. The topological polar surface area (TPSA) is 80.6 Å². The Kier molecular flexibility index (Phi) is 1.82. The summed E-state index contributed by atoms with van der Waals surface area (Å²) >= 11 is 5.82. The van der Waals surface area contributed by atoms with Crippen LogP contribution in [0.1, 0.15) is 10.5 Å². The van der Waals surface area contributed by atoms with E-state index in [2.05, 4.69) is 4.98 Å². The molecule has 2 heterocycles. The van der Waals surface area contributed by atoms with Crippen LogP contribution in [-0.4, -0.2) is 20.5 Å². The van der Waals surface area contributed by atoms with Crippen molar-refractivity contribution in [1.82, 2.24) is 9.38 Å². The summed E-state index contributed by atoms with van der Waals surface area (Å²) in [5.74, 6) is -1.09. The number of imidazole rings is 1. The molecule has 2 aromatic rings. The molecule has 0 aliphatic carbocycles. The lowest BCUT2D eigenvalue weighted by Crippen LogP contribution is -2.02. The zero-order chi connectivity index (χ0) is 10.3. The van der Waals surface area contributed by atoms with Crippen molar-refractivity contribution in [3.63, 3.8) is 0 Å². The smallest absolute Gasteiger partial charge is 0.358 e. The lowest BCUT2D eigenvalue weighted by molar-refractivity contribution is 0.0692. The van der Waals surface area contributed by atoms with Gasteiger partial charge in [0.15, 0.2) is 11.3 Å². The fourth-order valence-electron chi connectivity index (χ4n) is 1.21. The van der Waals surface area contributed by atoms with E-state index in [1.165, 1.54) is 4.40 Å². The van der Waals surface area contributed by atoms with Crippen LogP contribution in [0.2, 0.25) is 5.02 Å². The Balaban J connectivity index is 2.86. The van der Waals surface area contributed by atoms with Crippen molar-refractivity contribution in [2.75, 3.05) is 5.73 Å². The molecule has 72 valence electrons. The van der Waals surface area contributed by atoms with E-state index in [-0.39, 0.29) is 11.5 Å². The summed E-state index contributed by atoms with van der Waals surface area (Å²) in [6.07, 6.45) is 1.61. The molecule has 0 saturated heterocycles.